The van der Waals surface area contributed by atoms with Gasteiger partial charge in [0.25, 0.3) is 5.91 Å². The molecule has 0 aromatic heterocycles. The molecular weight excluding hydrogens is 495 g/mol. The molecule has 0 unspecified atom stereocenters. The molecule has 30 heavy (non-hydrogen) atoms. The summed E-state index contributed by atoms with van der Waals surface area (Å²) in [4.78, 5) is 25.3. The van der Waals surface area contributed by atoms with Gasteiger partial charge in [0.15, 0.2) is 11.5 Å². The lowest BCUT2D eigenvalue weighted by atomic mass is 10.1. The predicted octanol–water partition coefficient (Wildman–Crippen LogP) is 5.65. The number of hydrogen-bond donors (Lipinski definition) is 1. The zero-order valence-corrected chi connectivity index (χ0v) is 19.4. The van der Waals surface area contributed by atoms with E-state index >= 15 is 0 Å². The Labute approximate surface area is 192 Å². The topological polar surface area (TPSA) is 67.9 Å². The number of hydrogen-bond acceptors (Lipinski definition) is 4. The minimum atomic E-state index is -0.431. The van der Waals surface area contributed by atoms with Crippen molar-refractivity contribution in [3.8, 4) is 11.5 Å². The summed E-state index contributed by atoms with van der Waals surface area (Å²) in [6, 6.07) is 8.38. The number of carbonyl (C=O) groups excluding carboxylic acids is 2. The number of imide groups is 1. The molecule has 1 N–H and O–H groups in total. The fourth-order valence-electron chi connectivity index (χ4n) is 2.88. The van der Waals surface area contributed by atoms with E-state index in [-0.39, 0.29) is 18.2 Å². The zero-order valence-electron chi connectivity index (χ0n) is 16.3. The van der Waals surface area contributed by atoms with E-state index in [1.54, 1.807) is 37.3 Å². The van der Waals surface area contributed by atoms with E-state index in [1.165, 1.54) is 0 Å². The van der Waals surface area contributed by atoms with Crippen LogP contribution >= 0.6 is 39.1 Å². The molecule has 0 aliphatic carbocycles. The second-order valence-corrected chi connectivity index (χ2v) is 8.01. The molecule has 3 rings (SSSR count). The van der Waals surface area contributed by atoms with Gasteiger partial charge >= 0.3 is 6.03 Å². The minimum absolute atomic E-state index is 0.209. The van der Waals surface area contributed by atoms with Crippen molar-refractivity contribution in [2.45, 2.75) is 20.5 Å². The maximum Gasteiger partial charge on any atom is 0.328 e. The Kier molecular flexibility index (Phi) is 7.28. The van der Waals surface area contributed by atoms with Crippen LogP contribution in [0.1, 0.15) is 25.0 Å². The lowest BCUT2D eigenvalue weighted by molar-refractivity contribution is -0.122. The quantitative estimate of drug-likeness (QED) is 0.384. The van der Waals surface area contributed by atoms with E-state index in [2.05, 4.69) is 21.2 Å². The number of urea groups is 1. The summed E-state index contributed by atoms with van der Waals surface area (Å²) in [5.74, 6) is 0.654. The second kappa shape index (κ2) is 9.73. The Bertz CT molecular complexity index is 1030. The van der Waals surface area contributed by atoms with Crippen LogP contribution in [0.25, 0.3) is 6.08 Å². The molecule has 0 atom stereocenters. The molecule has 0 radical (unpaired) electrons. The highest BCUT2D eigenvalue weighted by molar-refractivity contribution is 9.10. The van der Waals surface area contributed by atoms with Crippen molar-refractivity contribution >= 4 is 57.1 Å². The lowest BCUT2D eigenvalue weighted by Gasteiger charge is -2.15. The number of likely N-dealkylation sites (N-methyl/N-ethyl adjacent to an activating group) is 1. The molecule has 3 amide bonds. The summed E-state index contributed by atoms with van der Waals surface area (Å²) in [5, 5.41) is 3.51. The number of ether oxygens (including phenoxy) is 2. The zero-order chi connectivity index (χ0) is 21.8. The number of benzene rings is 2. The summed E-state index contributed by atoms with van der Waals surface area (Å²) in [5.41, 5.74) is 1.73. The summed E-state index contributed by atoms with van der Waals surface area (Å²) in [6.45, 7) is 4.59. The maximum atomic E-state index is 12.3. The fourth-order valence-corrected chi connectivity index (χ4v) is 3.78. The third-order valence-electron chi connectivity index (χ3n) is 4.29. The molecule has 9 heteroatoms. The number of carbonyl (C=O) groups is 2. The van der Waals surface area contributed by atoms with Gasteiger partial charge in [0.05, 0.1) is 21.1 Å². The van der Waals surface area contributed by atoms with E-state index in [0.29, 0.717) is 44.7 Å². The molecule has 1 heterocycles. The Morgan fingerprint density at radius 3 is 2.50 bits per heavy atom. The number of nitrogens with zero attached hydrogens (tertiary/aromatic N) is 1. The summed E-state index contributed by atoms with van der Waals surface area (Å²) in [6.07, 6.45) is 1.60. The van der Waals surface area contributed by atoms with Crippen molar-refractivity contribution in [3.63, 3.8) is 0 Å². The molecule has 2 aromatic carbocycles. The average molecular weight is 514 g/mol. The molecule has 0 saturated carbocycles. The van der Waals surface area contributed by atoms with Gasteiger partial charge < -0.3 is 14.8 Å². The van der Waals surface area contributed by atoms with Gasteiger partial charge in [-0.25, -0.2) is 4.79 Å². The molecule has 1 fully saturated rings. The first-order valence-corrected chi connectivity index (χ1v) is 10.8. The van der Waals surface area contributed by atoms with Crippen molar-refractivity contribution < 1.29 is 19.1 Å². The monoisotopic (exact) mass is 512 g/mol. The van der Waals surface area contributed by atoms with Crippen LogP contribution in [0.2, 0.25) is 10.0 Å². The van der Waals surface area contributed by atoms with Gasteiger partial charge in [0, 0.05) is 6.54 Å². The normalized spacial score (nSPS) is 15.0. The number of nitrogens with one attached hydrogen (secondary N) is 1. The third-order valence-corrected chi connectivity index (χ3v) is 5.62. The highest BCUT2D eigenvalue weighted by atomic mass is 79.9. The van der Waals surface area contributed by atoms with Crippen molar-refractivity contribution in [1.29, 1.82) is 0 Å². The molecule has 0 bridgehead atoms. The number of halogens is 3. The molecule has 158 valence electrons. The highest BCUT2D eigenvalue weighted by Crippen LogP contribution is 2.38. The minimum Gasteiger partial charge on any atom is -0.490 e. The van der Waals surface area contributed by atoms with E-state index in [9.17, 15) is 9.59 Å². The van der Waals surface area contributed by atoms with Crippen molar-refractivity contribution in [3.05, 3.63) is 61.7 Å². The molecule has 2 aromatic rings. The predicted molar refractivity (Wildman–Crippen MR) is 120 cm³/mol. The molecule has 1 aliphatic rings. The van der Waals surface area contributed by atoms with Gasteiger partial charge in [-0.3, -0.25) is 9.69 Å². The van der Waals surface area contributed by atoms with Crippen molar-refractivity contribution in [2.75, 3.05) is 13.2 Å². The van der Waals surface area contributed by atoms with Gasteiger partial charge in [0.1, 0.15) is 12.3 Å². The van der Waals surface area contributed by atoms with Crippen LogP contribution in [-0.2, 0) is 11.4 Å². The molecule has 6 nitrogen and oxygen atoms in total. The van der Waals surface area contributed by atoms with Crippen LogP contribution in [0, 0.1) is 0 Å². The van der Waals surface area contributed by atoms with Crippen LogP contribution in [0.4, 0.5) is 4.79 Å². The van der Waals surface area contributed by atoms with Gasteiger partial charge in [-0.2, -0.15) is 0 Å². The summed E-state index contributed by atoms with van der Waals surface area (Å²) >= 11 is 15.5. The SMILES string of the molecule is CCOc1cc(/C=C2/NC(=O)N(CC)C2=O)cc(Br)c1OCc1ccc(Cl)c(Cl)c1. The van der Waals surface area contributed by atoms with Crippen molar-refractivity contribution in [2.24, 2.45) is 0 Å². The Morgan fingerprint density at radius 2 is 1.87 bits per heavy atom. The maximum absolute atomic E-state index is 12.3. The molecule has 0 spiro atoms. The smallest absolute Gasteiger partial charge is 0.328 e. The van der Waals surface area contributed by atoms with E-state index in [0.717, 1.165) is 10.5 Å². The van der Waals surface area contributed by atoms with E-state index in [4.69, 9.17) is 32.7 Å². The van der Waals surface area contributed by atoms with Crippen LogP contribution in [0.15, 0.2) is 40.5 Å². The second-order valence-electron chi connectivity index (χ2n) is 6.34. The number of amides is 3. The fraction of sp³-hybridized carbons (Fsp3) is 0.238. The van der Waals surface area contributed by atoms with E-state index in [1.807, 2.05) is 13.0 Å². The van der Waals surface area contributed by atoms with Gasteiger partial charge in [0.2, 0.25) is 0 Å². The summed E-state index contributed by atoms with van der Waals surface area (Å²) < 4.78 is 12.3. The number of rotatable bonds is 7. The molecule has 1 saturated heterocycles. The Balaban J connectivity index is 1.87. The van der Waals surface area contributed by atoms with Gasteiger partial charge in [-0.1, -0.05) is 29.3 Å². The first kappa shape index (κ1) is 22.5. The van der Waals surface area contributed by atoms with Crippen LogP contribution in [-0.4, -0.2) is 30.0 Å². The standard InChI is InChI=1S/C21H19BrCl2N2O4/c1-3-26-20(27)17(25-21(26)28)9-13-7-14(22)19(18(10-13)29-4-2)30-11-12-5-6-15(23)16(24)8-12/h5-10H,3-4,11H2,1-2H3,(H,25,28)/b17-9+. The first-order chi connectivity index (χ1) is 14.3. The van der Waals surface area contributed by atoms with Crippen LogP contribution < -0.4 is 14.8 Å². The van der Waals surface area contributed by atoms with Gasteiger partial charge in [-0.15, -0.1) is 0 Å². The first-order valence-electron chi connectivity index (χ1n) is 9.21. The van der Waals surface area contributed by atoms with E-state index < -0.39 is 6.03 Å². The lowest BCUT2D eigenvalue weighted by Crippen LogP contribution is -2.30. The average Bonchev–Trinajstić information content (AvgIpc) is 2.96. The Hall–Kier alpha value is -2.22. The van der Waals surface area contributed by atoms with Crippen molar-refractivity contribution in [1.82, 2.24) is 10.2 Å². The van der Waals surface area contributed by atoms with Crippen LogP contribution in [0.3, 0.4) is 0 Å². The van der Waals surface area contributed by atoms with Crippen LogP contribution in [0.5, 0.6) is 11.5 Å². The largest absolute Gasteiger partial charge is 0.490 e. The summed E-state index contributed by atoms with van der Waals surface area (Å²) in [7, 11) is 0. The Morgan fingerprint density at radius 1 is 1.10 bits per heavy atom. The van der Waals surface area contributed by atoms with Gasteiger partial charge in [-0.05, 0) is 71.2 Å². The highest BCUT2D eigenvalue weighted by Gasteiger charge is 2.32. The third kappa shape index (κ3) is 4.91. The molecular formula is C21H19BrCl2N2O4. The molecule has 1 aliphatic heterocycles.